The zero-order chi connectivity index (χ0) is 22.9. The molecule has 0 aromatic heterocycles. The van der Waals surface area contributed by atoms with Crippen LogP contribution in [0.25, 0.3) is 0 Å². The van der Waals surface area contributed by atoms with E-state index in [0.717, 1.165) is 0 Å². The second-order valence-corrected chi connectivity index (χ2v) is 7.85. The number of aliphatic hydroxyl groups excluding tert-OH is 1. The third kappa shape index (κ3) is 9.32. The van der Waals surface area contributed by atoms with Crippen molar-refractivity contribution >= 4 is 28.1 Å². The number of ether oxygens (including phenoxy) is 3. The second kappa shape index (κ2) is 11.2. The highest BCUT2D eigenvalue weighted by Crippen LogP contribution is 2.22. The number of rotatable bonds is 12. The maximum Gasteiger partial charge on any atom is 0.465 e. The highest BCUT2D eigenvalue weighted by atomic mass is 32.2. The molecule has 1 unspecified atom stereocenters. The first kappa shape index (κ1) is 26.9. The van der Waals surface area contributed by atoms with Gasteiger partial charge >= 0.3 is 33.4 Å². The van der Waals surface area contributed by atoms with E-state index in [0.29, 0.717) is 6.42 Å². The van der Waals surface area contributed by atoms with E-state index in [4.69, 9.17) is 14.0 Å². The highest BCUT2D eigenvalue weighted by Gasteiger charge is 2.54. The zero-order valence-corrected chi connectivity index (χ0v) is 17.0. The number of carbonyl (C=O) groups is 3. The average Bonchev–Trinajstić information content (AvgIpc) is 2.60. The number of unbranched alkanes of at least 4 members (excludes halogenated alkanes) is 1. The molecule has 0 saturated heterocycles. The number of nitrogens with one attached hydrogen (secondary N) is 1. The summed E-state index contributed by atoms with van der Waals surface area (Å²) in [7, 11) is -5.94. The molecular weight excluding hydrogens is 424 g/mol. The molecule has 3 N–H and O–H groups in total. The van der Waals surface area contributed by atoms with Gasteiger partial charge in [0.2, 0.25) is 0 Å². The van der Waals surface area contributed by atoms with Gasteiger partial charge in [-0.2, -0.15) is 17.2 Å². The van der Waals surface area contributed by atoms with Crippen LogP contribution in [0.1, 0.15) is 40.0 Å². The van der Waals surface area contributed by atoms with Crippen LogP contribution in [0.4, 0.5) is 13.6 Å². The van der Waals surface area contributed by atoms with Crippen LogP contribution in [-0.4, -0.2) is 72.8 Å². The fourth-order valence-corrected chi connectivity index (χ4v) is 1.78. The van der Waals surface area contributed by atoms with Crippen LogP contribution in [0.15, 0.2) is 0 Å². The Bertz CT molecular complexity index is 681. The SMILES string of the molecule is CCC(C)(C)OC(=O)NC(CO)C(=O)OCCCCOC(=O)C(F)(F)S(=O)(=O)O. The van der Waals surface area contributed by atoms with E-state index in [2.05, 4.69) is 10.1 Å². The summed E-state index contributed by atoms with van der Waals surface area (Å²) in [6.07, 6.45) is -0.471. The molecule has 29 heavy (non-hydrogen) atoms. The second-order valence-electron chi connectivity index (χ2n) is 6.38. The first-order chi connectivity index (χ1) is 13.2. The molecule has 0 aliphatic heterocycles. The van der Waals surface area contributed by atoms with Crippen LogP contribution in [0.5, 0.6) is 0 Å². The van der Waals surface area contributed by atoms with Crippen molar-refractivity contribution in [2.75, 3.05) is 19.8 Å². The molecule has 0 saturated carbocycles. The van der Waals surface area contributed by atoms with Crippen molar-refractivity contribution in [2.45, 2.75) is 56.9 Å². The average molecular weight is 449 g/mol. The molecule has 170 valence electrons. The molecule has 0 bridgehead atoms. The van der Waals surface area contributed by atoms with Crippen LogP contribution in [0, 0.1) is 0 Å². The van der Waals surface area contributed by atoms with Gasteiger partial charge in [-0.3, -0.25) is 4.55 Å². The van der Waals surface area contributed by atoms with Gasteiger partial charge in [-0.1, -0.05) is 6.92 Å². The van der Waals surface area contributed by atoms with Crippen molar-refractivity contribution in [2.24, 2.45) is 0 Å². The predicted octanol–water partition coefficient (Wildman–Crippen LogP) is 0.609. The Balaban J connectivity index is 4.25. The van der Waals surface area contributed by atoms with E-state index in [9.17, 15) is 36.7 Å². The minimum absolute atomic E-state index is 0.0297. The quantitative estimate of drug-likeness (QED) is 0.166. The number of halogens is 2. The molecule has 0 fully saturated rings. The zero-order valence-electron chi connectivity index (χ0n) is 16.1. The van der Waals surface area contributed by atoms with Gasteiger partial charge < -0.3 is 24.6 Å². The molecule has 0 aliphatic carbocycles. The van der Waals surface area contributed by atoms with E-state index >= 15 is 0 Å². The lowest BCUT2D eigenvalue weighted by molar-refractivity contribution is -0.161. The first-order valence-corrected chi connectivity index (χ1v) is 9.91. The van der Waals surface area contributed by atoms with Crippen molar-refractivity contribution in [3.63, 3.8) is 0 Å². The fourth-order valence-electron chi connectivity index (χ4n) is 1.51. The van der Waals surface area contributed by atoms with Gasteiger partial charge in [0.25, 0.3) is 0 Å². The molecular formula is C15H25F2NO10S. The Morgan fingerprint density at radius 1 is 1.10 bits per heavy atom. The molecule has 0 aliphatic rings. The molecule has 0 spiro atoms. The van der Waals surface area contributed by atoms with Gasteiger partial charge in [-0.15, -0.1) is 0 Å². The standard InChI is InChI=1S/C15H25F2NO10S/c1-4-14(2,3)28-13(22)18-10(9-19)11(20)26-7-5-6-8-27-12(21)15(16,17)29(23,24)25/h10,19H,4-9H2,1-3H3,(H,18,22)(H,23,24,25). The third-order valence-electron chi connectivity index (χ3n) is 3.56. The van der Waals surface area contributed by atoms with Crippen LogP contribution < -0.4 is 5.32 Å². The summed E-state index contributed by atoms with van der Waals surface area (Å²) in [6.45, 7) is 3.43. The molecule has 0 aromatic rings. The number of aliphatic hydroxyl groups is 1. The minimum Gasteiger partial charge on any atom is -0.464 e. The van der Waals surface area contributed by atoms with Crippen molar-refractivity contribution in [3.8, 4) is 0 Å². The summed E-state index contributed by atoms with van der Waals surface area (Å²) in [4.78, 5) is 34.4. The van der Waals surface area contributed by atoms with Crippen LogP contribution in [0.3, 0.4) is 0 Å². The van der Waals surface area contributed by atoms with E-state index < -0.39 is 58.3 Å². The lowest BCUT2D eigenvalue weighted by Crippen LogP contribution is -2.46. The number of carbonyl (C=O) groups excluding carboxylic acids is 3. The molecule has 0 aromatic carbocycles. The highest BCUT2D eigenvalue weighted by molar-refractivity contribution is 7.87. The summed E-state index contributed by atoms with van der Waals surface area (Å²) in [5.41, 5.74) is -0.780. The molecule has 14 heteroatoms. The number of hydrogen-bond donors (Lipinski definition) is 3. The van der Waals surface area contributed by atoms with Crippen molar-refractivity contribution < 1.29 is 55.5 Å². The summed E-state index contributed by atoms with van der Waals surface area (Å²) in [5.74, 6) is -3.41. The van der Waals surface area contributed by atoms with Gasteiger partial charge in [0, 0.05) is 0 Å². The Hall–Kier alpha value is -2.06. The maximum atomic E-state index is 12.9. The lowest BCUT2D eigenvalue weighted by atomic mass is 10.1. The number of hydrogen-bond acceptors (Lipinski definition) is 9. The minimum atomic E-state index is -5.94. The van der Waals surface area contributed by atoms with E-state index in [1.54, 1.807) is 20.8 Å². The monoisotopic (exact) mass is 449 g/mol. The van der Waals surface area contributed by atoms with Crippen LogP contribution in [-0.2, 0) is 33.9 Å². The molecule has 11 nitrogen and oxygen atoms in total. The molecule has 0 radical (unpaired) electrons. The maximum absolute atomic E-state index is 12.9. The van der Waals surface area contributed by atoms with Gasteiger partial charge in [0.1, 0.15) is 5.60 Å². The number of amides is 1. The molecule has 1 atom stereocenters. The number of alkyl carbamates (subject to hydrolysis) is 1. The Kier molecular flexibility index (Phi) is 10.4. The number of esters is 2. The Morgan fingerprint density at radius 3 is 2.07 bits per heavy atom. The van der Waals surface area contributed by atoms with Gasteiger partial charge in [-0.05, 0) is 33.1 Å². The summed E-state index contributed by atoms with van der Waals surface area (Å²) in [6, 6.07) is -1.39. The van der Waals surface area contributed by atoms with Crippen molar-refractivity contribution in [3.05, 3.63) is 0 Å². The van der Waals surface area contributed by atoms with Crippen molar-refractivity contribution in [1.82, 2.24) is 5.32 Å². The van der Waals surface area contributed by atoms with Crippen LogP contribution >= 0.6 is 0 Å². The summed E-state index contributed by atoms with van der Waals surface area (Å²) < 4.78 is 68.7. The van der Waals surface area contributed by atoms with Gasteiger partial charge in [0.05, 0.1) is 19.8 Å². The van der Waals surface area contributed by atoms with E-state index in [-0.39, 0.29) is 19.4 Å². The van der Waals surface area contributed by atoms with Crippen LogP contribution in [0.2, 0.25) is 0 Å². The Morgan fingerprint density at radius 2 is 1.62 bits per heavy atom. The topological polar surface area (TPSA) is 166 Å². The lowest BCUT2D eigenvalue weighted by Gasteiger charge is -2.24. The fraction of sp³-hybridized carbons (Fsp3) is 0.800. The summed E-state index contributed by atoms with van der Waals surface area (Å²) in [5, 5.41) is 6.23. The largest absolute Gasteiger partial charge is 0.465 e. The third-order valence-corrected chi connectivity index (χ3v) is 4.37. The van der Waals surface area contributed by atoms with Crippen molar-refractivity contribution in [1.29, 1.82) is 0 Å². The molecule has 0 heterocycles. The first-order valence-electron chi connectivity index (χ1n) is 8.47. The van der Waals surface area contributed by atoms with Gasteiger partial charge in [0.15, 0.2) is 6.04 Å². The molecule has 0 rings (SSSR count). The normalized spacial score (nSPS) is 13.3. The predicted molar refractivity (Wildman–Crippen MR) is 92.5 cm³/mol. The molecule has 1 amide bonds. The smallest absolute Gasteiger partial charge is 0.464 e. The van der Waals surface area contributed by atoms with E-state index in [1.807, 2.05) is 0 Å². The van der Waals surface area contributed by atoms with E-state index in [1.165, 1.54) is 0 Å². The Labute approximate surface area is 166 Å². The summed E-state index contributed by atoms with van der Waals surface area (Å²) >= 11 is 0. The van der Waals surface area contributed by atoms with Gasteiger partial charge in [-0.25, -0.2) is 14.4 Å². The number of alkyl halides is 2.